The summed E-state index contributed by atoms with van der Waals surface area (Å²) in [7, 11) is 0. The molecule has 9 heteroatoms. The van der Waals surface area contributed by atoms with Crippen LogP contribution in [-0.4, -0.2) is 67.6 Å². The molecule has 0 amide bonds. The van der Waals surface area contributed by atoms with Gasteiger partial charge in [-0.1, -0.05) is 246 Å². The second kappa shape index (κ2) is 43.0. The van der Waals surface area contributed by atoms with Crippen molar-refractivity contribution in [2.45, 2.75) is 386 Å². The van der Waals surface area contributed by atoms with E-state index in [0.29, 0.717) is 31.7 Å². The molecule has 91 heavy (non-hydrogen) atoms. The van der Waals surface area contributed by atoms with Gasteiger partial charge in [0.15, 0.2) is 6.10 Å². The van der Waals surface area contributed by atoms with E-state index >= 15 is 0 Å². The maximum Gasteiger partial charge on any atom is 0.309 e. The van der Waals surface area contributed by atoms with Crippen molar-refractivity contribution in [3.63, 3.8) is 0 Å². The zero-order valence-corrected chi connectivity index (χ0v) is 59.7. The van der Waals surface area contributed by atoms with Gasteiger partial charge >= 0.3 is 11.9 Å². The Morgan fingerprint density at radius 3 is 0.978 bits per heavy atom. The number of hydrogen-bond acceptors (Lipinski definition) is 8. The molecular formula is C82H144O9. The number of ether oxygens (including phenoxy) is 3. The van der Waals surface area contributed by atoms with Crippen LogP contribution in [0.15, 0.2) is 0 Å². The second-order valence-electron chi connectivity index (χ2n) is 33.5. The number of rotatable bonds is 32. The standard InChI is InChI=1S/C44H76O6.C19H34O2.C19H34O/c1-3-5-7-9-32-11-15-34(16-12-32)27-36-19-21-38(22-20-36)29-48-50-41-31-47-42-40(30-46-43(41)42)49-44(45)39-25-23-37(24-26-39)28-35-17-13-33(14-18-35)10-8-6-4-2;1-2-3-4-5-15-6-8-16(9-7-15)14-17-10-12-18(13-11-17)19(20)21;1-2-3-4-5-16-6-8-17(9-7-16)14-18-10-12-19(15-20)13-11-18/h32-43H,3-31H2,1-2H3;15-18H,2-14H2,1H3,(H,20,21);15-19H,2-14H2,1H3. The average Bonchev–Trinajstić information content (AvgIpc) is 2.25. The topological polar surface area (TPSA) is 118 Å². The minimum Gasteiger partial charge on any atom is -0.481 e. The number of carbonyl (C=O) groups is 3. The van der Waals surface area contributed by atoms with Gasteiger partial charge in [-0.2, -0.15) is 0 Å². The molecule has 2 saturated heterocycles. The van der Waals surface area contributed by atoms with E-state index in [9.17, 15) is 14.4 Å². The summed E-state index contributed by atoms with van der Waals surface area (Å²) < 4.78 is 18.2. The third kappa shape index (κ3) is 27.0. The number of carboxylic acids is 1. The Morgan fingerprint density at radius 1 is 0.363 bits per heavy atom. The lowest BCUT2D eigenvalue weighted by atomic mass is 9.72. The van der Waals surface area contributed by atoms with Crippen LogP contribution in [0.1, 0.15) is 362 Å². The molecule has 0 aromatic heterocycles. The first-order valence-electron chi connectivity index (χ1n) is 41.0. The summed E-state index contributed by atoms with van der Waals surface area (Å²) in [6.45, 7) is 10.7. The largest absolute Gasteiger partial charge is 0.481 e. The molecule has 0 aromatic rings. The summed E-state index contributed by atoms with van der Waals surface area (Å²) in [5.74, 6) is 11.7. The highest BCUT2D eigenvalue weighted by atomic mass is 17.2. The molecule has 9 nitrogen and oxygen atoms in total. The third-order valence-corrected chi connectivity index (χ3v) is 26.5. The number of carboxylic acid groups (broad SMARTS) is 1. The Morgan fingerprint density at radius 2 is 0.648 bits per heavy atom. The Balaban J connectivity index is 0.000000212. The first-order valence-corrected chi connectivity index (χ1v) is 41.0. The molecule has 1 N–H and O–H groups in total. The van der Waals surface area contributed by atoms with E-state index in [1.165, 1.54) is 302 Å². The zero-order chi connectivity index (χ0) is 63.8. The molecule has 10 aliphatic rings. The summed E-state index contributed by atoms with van der Waals surface area (Å²) in [6, 6.07) is 0. The Hall–Kier alpha value is -1.55. The number of unbranched alkanes of at least 4 members (excludes halogenated alkanes) is 8. The minimum absolute atomic E-state index is 0.0295. The zero-order valence-electron chi connectivity index (χ0n) is 59.7. The van der Waals surface area contributed by atoms with Crippen LogP contribution in [0.3, 0.4) is 0 Å². The first kappa shape index (κ1) is 75.2. The summed E-state index contributed by atoms with van der Waals surface area (Å²) in [5, 5.41) is 9.06. The number of aliphatic carboxylic acids is 1. The number of esters is 1. The fraction of sp³-hybridized carbons (Fsp3) is 0.963. The van der Waals surface area contributed by atoms with Crippen molar-refractivity contribution in [1.82, 2.24) is 0 Å². The minimum atomic E-state index is -0.568. The summed E-state index contributed by atoms with van der Waals surface area (Å²) in [5.41, 5.74) is 0. The van der Waals surface area contributed by atoms with Crippen LogP contribution in [0, 0.1) is 94.7 Å². The second-order valence-corrected chi connectivity index (χ2v) is 33.5. The van der Waals surface area contributed by atoms with Crippen LogP contribution in [0.5, 0.6) is 0 Å². The highest BCUT2D eigenvalue weighted by Crippen LogP contribution is 2.45. The fourth-order valence-corrected chi connectivity index (χ4v) is 20.2. The lowest BCUT2D eigenvalue weighted by molar-refractivity contribution is -0.339. The number of hydrogen-bond donors (Lipinski definition) is 1. The van der Waals surface area contributed by atoms with Crippen molar-refractivity contribution in [3.8, 4) is 0 Å². The van der Waals surface area contributed by atoms with Crippen molar-refractivity contribution in [1.29, 1.82) is 0 Å². The van der Waals surface area contributed by atoms with Crippen LogP contribution >= 0.6 is 0 Å². The summed E-state index contributed by atoms with van der Waals surface area (Å²) in [6.07, 6.45) is 70.6. The van der Waals surface area contributed by atoms with Gasteiger partial charge in [0.05, 0.1) is 31.7 Å². The molecule has 10 rings (SSSR count). The predicted octanol–water partition coefficient (Wildman–Crippen LogP) is 22.6. The van der Waals surface area contributed by atoms with E-state index in [0.717, 1.165) is 110 Å². The van der Waals surface area contributed by atoms with Crippen molar-refractivity contribution >= 4 is 18.2 Å². The Kier molecular flexibility index (Phi) is 35.5. The molecule has 2 heterocycles. The van der Waals surface area contributed by atoms with Crippen molar-refractivity contribution in [2.24, 2.45) is 94.7 Å². The van der Waals surface area contributed by atoms with Gasteiger partial charge in [0, 0.05) is 5.92 Å². The highest BCUT2D eigenvalue weighted by Gasteiger charge is 2.51. The fourth-order valence-electron chi connectivity index (χ4n) is 20.2. The van der Waals surface area contributed by atoms with E-state index in [1.54, 1.807) is 0 Å². The molecule has 4 unspecified atom stereocenters. The highest BCUT2D eigenvalue weighted by molar-refractivity contribution is 5.73. The monoisotopic (exact) mass is 1270 g/mol. The van der Waals surface area contributed by atoms with Gasteiger partial charge in [-0.25, -0.2) is 9.78 Å². The van der Waals surface area contributed by atoms with Crippen LogP contribution in [0.4, 0.5) is 0 Å². The number of carbonyl (C=O) groups excluding carboxylic acids is 2. The molecule has 10 fully saturated rings. The average molecular weight is 1270 g/mol. The lowest BCUT2D eigenvalue weighted by Gasteiger charge is -2.34. The Labute approximate surface area is 559 Å². The smallest absolute Gasteiger partial charge is 0.309 e. The Bertz CT molecular complexity index is 1880. The predicted molar refractivity (Wildman–Crippen MR) is 373 cm³/mol. The molecule has 2 aliphatic heterocycles. The van der Waals surface area contributed by atoms with Crippen LogP contribution in [0.25, 0.3) is 0 Å². The number of aldehydes is 1. The molecular weight excluding hydrogens is 1130 g/mol. The van der Waals surface area contributed by atoms with Gasteiger partial charge in [0.25, 0.3) is 0 Å². The SMILES string of the molecule is CCCCCC1CCC(CC2CCC(C(=O)O)CC2)CC1.CCCCCC1CCC(CC2CCC(C=O)CC2)CC1.CCCCCC1CCC(CC2CCC(COOC3COC4C(OC(=O)C5CCC(CC6CCC(CCCCC)CC6)CC5)COC34)CC2)CC1. The van der Waals surface area contributed by atoms with Crippen LogP contribution in [0.2, 0.25) is 0 Å². The van der Waals surface area contributed by atoms with E-state index in [-0.39, 0.29) is 42.2 Å². The van der Waals surface area contributed by atoms with Gasteiger partial charge in [-0.15, -0.1) is 0 Å². The van der Waals surface area contributed by atoms with Crippen molar-refractivity contribution in [3.05, 3.63) is 0 Å². The molecule has 4 atom stereocenters. The van der Waals surface area contributed by atoms with Crippen molar-refractivity contribution in [2.75, 3.05) is 19.8 Å². The molecule has 8 aliphatic carbocycles. The van der Waals surface area contributed by atoms with Crippen LogP contribution < -0.4 is 0 Å². The molecule has 0 spiro atoms. The normalized spacial score (nSPS) is 37.1. The molecule has 8 saturated carbocycles. The molecule has 526 valence electrons. The number of fused-ring (bicyclic) bond motifs is 1. The van der Waals surface area contributed by atoms with Crippen molar-refractivity contribution < 1.29 is 43.5 Å². The molecule has 0 bridgehead atoms. The quantitative estimate of drug-likeness (QED) is 0.0231. The van der Waals surface area contributed by atoms with Gasteiger partial charge < -0.3 is 24.1 Å². The maximum absolute atomic E-state index is 13.2. The summed E-state index contributed by atoms with van der Waals surface area (Å²) >= 11 is 0. The first-order chi connectivity index (χ1) is 44.6. The van der Waals surface area contributed by atoms with Gasteiger partial charge in [-0.05, 0) is 193 Å². The van der Waals surface area contributed by atoms with Gasteiger partial charge in [-0.3, -0.25) is 9.59 Å². The van der Waals surface area contributed by atoms with E-state index in [1.807, 2.05) is 0 Å². The summed E-state index contributed by atoms with van der Waals surface area (Å²) in [4.78, 5) is 46.7. The molecule has 0 radical (unpaired) electrons. The third-order valence-electron chi connectivity index (χ3n) is 26.5. The van der Waals surface area contributed by atoms with Gasteiger partial charge in [0.2, 0.25) is 0 Å². The van der Waals surface area contributed by atoms with E-state index < -0.39 is 5.97 Å². The van der Waals surface area contributed by atoms with E-state index in [2.05, 4.69) is 27.7 Å². The molecule has 0 aromatic carbocycles. The van der Waals surface area contributed by atoms with Crippen LogP contribution in [-0.2, 0) is 38.4 Å². The lowest BCUT2D eigenvalue weighted by Crippen LogP contribution is -2.37. The van der Waals surface area contributed by atoms with E-state index in [4.69, 9.17) is 29.1 Å². The maximum atomic E-state index is 13.2. The van der Waals surface area contributed by atoms with Gasteiger partial charge in [0.1, 0.15) is 24.6 Å².